The third kappa shape index (κ3) is 2.66. The van der Waals surface area contributed by atoms with E-state index in [1.807, 2.05) is 0 Å². The quantitative estimate of drug-likeness (QED) is 0.489. The first kappa shape index (κ1) is 13.3. The molecule has 0 spiro atoms. The van der Waals surface area contributed by atoms with Crippen LogP contribution < -0.4 is 5.48 Å². The molecule has 0 saturated carbocycles. The van der Waals surface area contributed by atoms with Crippen molar-refractivity contribution in [3.63, 3.8) is 0 Å². The fourth-order valence-electron chi connectivity index (χ4n) is 1.03. The Balaban J connectivity index is 4.86. The molecule has 0 aliphatic heterocycles. The summed E-state index contributed by atoms with van der Waals surface area (Å²) in [7, 11) is -3.65. The fourth-order valence-corrected chi connectivity index (χ4v) is 2.52. The standard InChI is InChI=1S/C7H16N2O4S/c1-4-9(5-2)14(12,13)6(3)7(10)8-11/h6,11H,4-5H2,1-3H3,(H,8,10). The van der Waals surface area contributed by atoms with Crippen LogP contribution in [0.15, 0.2) is 0 Å². The van der Waals surface area contributed by atoms with Crippen molar-refractivity contribution < 1.29 is 18.4 Å². The van der Waals surface area contributed by atoms with Gasteiger partial charge < -0.3 is 0 Å². The number of carbonyl (C=O) groups excluding carboxylic acids is 1. The minimum absolute atomic E-state index is 0.307. The van der Waals surface area contributed by atoms with Gasteiger partial charge in [-0.25, -0.2) is 18.2 Å². The molecule has 1 unspecified atom stereocenters. The largest absolute Gasteiger partial charge is 0.289 e. The van der Waals surface area contributed by atoms with Crippen LogP contribution in [0.1, 0.15) is 20.8 Å². The third-order valence-electron chi connectivity index (χ3n) is 1.99. The first-order chi connectivity index (χ1) is 6.41. The van der Waals surface area contributed by atoms with Gasteiger partial charge in [-0.05, 0) is 6.92 Å². The van der Waals surface area contributed by atoms with Gasteiger partial charge >= 0.3 is 0 Å². The third-order valence-corrected chi connectivity index (χ3v) is 4.34. The van der Waals surface area contributed by atoms with Crippen LogP contribution in [0.3, 0.4) is 0 Å². The highest BCUT2D eigenvalue weighted by molar-refractivity contribution is 7.90. The number of sulfonamides is 1. The van der Waals surface area contributed by atoms with Crippen LogP contribution in [0.25, 0.3) is 0 Å². The topological polar surface area (TPSA) is 86.7 Å². The lowest BCUT2D eigenvalue weighted by molar-refractivity contribution is -0.128. The Hall–Kier alpha value is -0.660. The fraction of sp³-hybridized carbons (Fsp3) is 0.857. The van der Waals surface area contributed by atoms with Gasteiger partial charge in [0.25, 0.3) is 5.91 Å². The SMILES string of the molecule is CCN(CC)S(=O)(=O)C(C)C(=O)NO. The van der Waals surface area contributed by atoms with Crippen molar-refractivity contribution in [3.05, 3.63) is 0 Å². The van der Waals surface area contributed by atoms with Gasteiger partial charge in [0.1, 0.15) is 0 Å². The van der Waals surface area contributed by atoms with E-state index < -0.39 is 21.2 Å². The monoisotopic (exact) mass is 224 g/mol. The van der Waals surface area contributed by atoms with Crippen molar-refractivity contribution in [2.24, 2.45) is 0 Å². The summed E-state index contributed by atoms with van der Waals surface area (Å²) in [6.45, 7) is 5.22. The number of hydrogen-bond donors (Lipinski definition) is 2. The van der Waals surface area contributed by atoms with Gasteiger partial charge in [0, 0.05) is 13.1 Å². The highest BCUT2D eigenvalue weighted by atomic mass is 32.2. The Morgan fingerprint density at radius 2 is 1.86 bits per heavy atom. The van der Waals surface area contributed by atoms with Gasteiger partial charge in [0.15, 0.2) is 5.25 Å². The first-order valence-corrected chi connectivity index (χ1v) is 5.85. The molecule has 0 aromatic carbocycles. The number of carbonyl (C=O) groups is 1. The minimum atomic E-state index is -3.65. The van der Waals surface area contributed by atoms with Crippen LogP contribution in [0, 0.1) is 0 Å². The lowest BCUT2D eigenvalue weighted by Crippen LogP contribution is -2.44. The molecule has 0 fully saturated rings. The van der Waals surface area contributed by atoms with Gasteiger partial charge in [0.2, 0.25) is 10.0 Å². The second kappa shape index (κ2) is 5.28. The van der Waals surface area contributed by atoms with Crippen molar-refractivity contribution in [3.8, 4) is 0 Å². The second-order valence-corrected chi connectivity index (χ2v) is 5.00. The Kier molecular flexibility index (Phi) is 5.03. The molecule has 0 aromatic heterocycles. The average Bonchev–Trinajstić information content (AvgIpc) is 2.16. The molecule has 0 bridgehead atoms. The predicted molar refractivity (Wildman–Crippen MR) is 51.2 cm³/mol. The van der Waals surface area contributed by atoms with E-state index in [0.717, 1.165) is 0 Å². The van der Waals surface area contributed by atoms with Crippen LogP contribution in [0.5, 0.6) is 0 Å². The van der Waals surface area contributed by atoms with E-state index in [0.29, 0.717) is 13.1 Å². The van der Waals surface area contributed by atoms with E-state index in [4.69, 9.17) is 5.21 Å². The highest BCUT2D eigenvalue weighted by Gasteiger charge is 2.31. The lowest BCUT2D eigenvalue weighted by atomic mass is 10.5. The summed E-state index contributed by atoms with van der Waals surface area (Å²) in [5.41, 5.74) is 1.33. The Morgan fingerprint density at radius 3 is 2.14 bits per heavy atom. The van der Waals surface area contributed by atoms with E-state index in [2.05, 4.69) is 0 Å². The highest BCUT2D eigenvalue weighted by Crippen LogP contribution is 2.08. The average molecular weight is 224 g/mol. The zero-order valence-electron chi connectivity index (χ0n) is 8.52. The summed E-state index contributed by atoms with van der Waals surface area (Å²) in [6.07, 6.45) is 0. The van der Waals surface area contributed by atoms with E-state index >= 15 is 0 Å². The van der Waals surface area contributed by atoms with Crippen molar-refractivity contribution in [1.29, 1.82) is 0 Å². The molecule has 84 valence electrons. The van der Waals surface area contributed by atoms with E-state index in [1.165, 1.54) is 16.7 Å². The molecule has 0 heterocycles. The zero-order valence-corrected chi connectivity index (χ0v) is 9.34. The van der Waals surface area contributed by atoms with E-state index in [1.54, 1.807) is 13.8 Å². The molecule has 7 heteroatoms. The van der Waals surface area contributed by atoms with Crippen molar-refractivity contribution in [2.75, 3.05) is 13.1 Å². The van der Waals surface area contributed by atoms with Crippen molar-refractivity contribution >= 4 is 15.9 Å². The molecule has 0 aromatic rings. The number of nitrogens with one attached hydrogen (secondary N) is 1. The molecule has 0 aliphatic carbocycles. The summed E-state index contributed by atoms with van der Waals surface area (Å²) in [5, 5.41) is 7.04. The summed E-state index contributed by atoms with van der Waals surface area (Å²) in [6, 6.07) is 0. The molecule has 14 heavy (non-hydrogen) atoms. The Labute approximate surface area is 83.9 Å². The van der Waals surface area contributed by atoms with Gasteiger partial charge in [-0.15, -0.1) is 0 Å². The maximum absolute atomic E-state index is 11.6. The van der Waals surface area contributed by atoms with Crippen LogP contribution in [0.4, 0.5) is 0 Å². The maximum atomic E-state index is 11.6. The van der Waals surface area contributed by atoms with Gasteiger partial charge in [-0.1, -0.05) is 13.8 Å². The summed E-state index contributed by atoms with van der Waals surface area (Å²) < 4.78 is 24.5. The minimum Gasteiger partial charge on any atom is -0.289 e. The molecule has 1 atom stereocenters. The van der Waals surface area contributed by atoms with Gasteiger partial charge in [-0.2, -0.15) is 0 Å². The van der Waals surface area contributed by atoms with E-state index in [-0.39, 0.29) is 0 Å². The van der Waals surface area contributed by atoms with Crippen LogP contribution >= 0.6 is 0 Å². The Morgan fingerprint density at radius 1 is 1.43 bits per heavy atom. The summed E-state index contributed by atoms with van der Waals surface area (Å²) in [4.78, 5) is 10.9. The summed E-state index contributed by atoms with van der Waals surface area (Å²) >= 11 is 0. The second-order valence-electron chi connectivity index (χ2n) is 2.75. The van der Waals surface area contributed by atoms with Gasteiger partial charge in [0.05, 0.1) is 0 Å². The molecule has 6 nitrogen and oxygen atoms in total. The molecule has 0 rings (SSSR count). The molecule has 0 aliphatic rings. The van der Waals surface area contributed by atoms with Crippen LogP contribution in [0.2, 0.25) is 0 Å². The van der Waals surface area contributed by atoms with Crippen molar-refractivity contribution in [1.82, 2.24) is 9.79 Å². The molecule has 1 amide bonds. The smallest absolute Gasteiger partial charge is 0.262 e. The molecule has 0 radical (unpaired) electrons. The van der Waals surface area contributed by atoms with E-state index in [9.17, 15) is 13.2 Å². The lowest BCUT2D eigenvalue weighted by Gasteiger charge is -2.21. The number of amides is 1. The summed E-state index contributed by atoms with van der Waals surface area (Å²) in [5.74, 6) is -0.920. The molecular formula is C7H16N2O4S. The van der Waals surface area contributed by atoms with Gasteiger partial charge in [-0.3, -0.25) is 10.0 Å². The normalized spacial score (nSPS) is 14.1. The number of nitrogens with zero attached hydrogens (tertiary/aromatic N) is 1. The number of hydroxylamine groups is 1. The maximum Gasteiger partial charge on any atom is 0.262 e. The molecular weight excluding hydrogens is 208 g/mol. The predicted octanol–water partition coefficient (Wildman–Crippen LogP) is -0.448. The molecule has 2 N–H and O–H groups in total. The Bertz CT molecular complexity index is 284. The number of hydrogen-bond acceptors (Lipinski definition) is 4. The number of rotatable bonds is 5. The van der Waals surface area contributed by atoms with Crippen LogP contribution in [-0.4, -0.2) is 42.2 Å². The van der Waals surface area contributed by atoms with Crippen molar-refractivity contribution in [2.45, 2.75) is 26.0 Å². The molecule has 0 saturated heterocycles. The van der Waals surface area contributed by atoms with Crippen LogP contribution in [-0.2, 0) is 14.8 Å². The first-order valence-electron chi connectivity index (χ1n) is 4.34. The zero-order chi connectivity index (χ0) is 11.4.